The van der Waals surface area contributed by atoms with Crippen LogP contribution < -0.4 is 5.32 Å². The van der Waals surface area contributed by atoms with Crippen molar-refractivity contribution in [2.75, 3.05) is 18.4 Å². The predicted octanol–water partition coefficient (Wildman–Crippen LogP) is 4.42. The fraction of sp³-hybridized carbons (Fsp3) is 0.300. The van der Waals surface area contributed by atoms with Crippen LogP contribution in [0, 0.1) is 9.49 Å². The van der Waals surface area contributed by atoms with Crippen LogP contribution in [-0.4, -0.2) is 29.8 Å². The molecule has 0 unspecified atom stereocenters. The monoisotopic (exact) mass is 448 g/mol. The molecular formula is C20H21IN2O2. The number of halogens is 1. The van der Waals surface area contributed by atoms with Crippen LogP contribution >= 0.6 is 22.6 Å². The van der Waals surface area contributed by atoms with Gasteiger partial charge in [-0.25, -0.2) is 0 Å². The van der Waals surface area contributed by atoms with Gasteiger partial charge in [0.1, 0.15) is 0 Å². The lowest BCUT2D eigenvalue weighted by Crippen LogP contribution is -2.37. The maximum absolute atomic E-state index is 12.5. The Bertz CT molecular complexity index is 766. The summed E-state index contributed by atoms with van der Waals surface area (Å²) in [6, 6.07) is 14.6. The number of carbonyl (C=O) groups is 2. The number of anilines is 1. The van der Waals surface area contributed by atoms with E-state index in [1.807, 2.05) is 23.1 Å². The molecule has 0 saturated carbocycles. The fourth-order valence-corrected chi connectivity index (χ4v) is 3.47. The Morgan fingerprint density at radius 1 is 1.04 bits per heavy atom. The normalized spacial score (nSPS) is 15.0. The van der Waals surface area contributed by atoms with Crippen molar-refractivity contribution >= 4 is 40.1 Å². The lowest BCUT2D eigenvalue weighted by Gasteiger charge is -2.30. The SMILES string of the molecule is CC1CCN(C(=O)c2ccc(NC(=O)c3cccc(I)c3)cc2)CC1. The summed E-state index contributed by atoms with van der Waals surface area (Å²) in [6.45, 7) is 3.88. The van der Waals surface area contributed by atoms with Crippen LogP contribution in [0.15, 0.2) is 48.5 Å². The van der Waals surface area contributed by atoms with Crippen LogP contribution in [0.3, 0.4) is 0 Å². The third kappa shape index (κ3) is 4.60. The highest BCUT2D eigenvalue weighted by Crippen LogP contribution is 2.19. The van der Waals surface area contributed by atoms with Gasteiger partial charge in [-0.2, -0.15) is 0 Å². The van der Waals surface area contributed by atoms with E-state index in [1.165, 1.54) is 0 Å². The zero-order chi connectivity index (χ0) is 17.8. The first kappa shape index (κ1) is 17.9. The number of amides is 2. The van der Waals surface area contributed by atoms with Crippen molar-refractivity contribution in [3.8, 4) is 0 Å². The van der Waals surface area contributed by atoms with Crippen molar-refractivity contribution in [3.63, 3.8) is 0 Å². The summed E-state index contributed by atoms with van der Waals surface area (Å²) in [7, 11) is 0. The number of benzene rings is 2. The van der Waals surface area contributed by atoms with Crippen molar-refractivity contribution < 1.29 is 9.59 Å². The van der Waals surface area contributed by atoms with Gasteiger partial charge in [0, 0.05) is 33.5 Å². The lowest BCUT2D eigenvalue weighted by molar-refractivity contribution is 0.0697. The van der Waals surface area contributed by atoms with E-state index in [9.17, 15) is 9.59 Å². The zero-order valence-electron chi connectivity index (χ0n) is 14.2. The Morgan fingerprint density at radius 3 is 2.36 bits per heavy atom. The molecule has 1 fully saturated rings. The first-order valence-electron chi connectivity index (χ1n) is 8.49. The Balaban J connectivity index is 1.64. The summed E-state index contributed by atoms with van der Waals surface area (Å²) >= 11 is 2.18. The van der Waals surface area contributed by atoms with Gasteiger partial charge in [0.05, 0.1) is 0 Å². The number of hydrogen-bond acceptors (Lipinski definition) is 2. The van der Waals surface area contributed by atoms with E-state index in [0.29, 0.717) is 22.7 Å². The van der Waals surface area contributed by atoms with Crippen molar-refractivity contribution in [3.05, 3.63) is 63.2 Å². The predicted molar refractivity (Wildman–Crippen MR) is 108 cm³/mol. The third-order valence-electron chi connectivity index (χ3n) is 4.55. The van der Waals surface area contributed by atoms with Crippen molar-refractivity contribution in [2.24, 2.45) is 5.92 Å². The number of carbonyl (C=O) groups excluding carboxylic acids is 2. The van der Waals surface area contributed by atoms with Gasteiger partial charge in [0.25, 0.3) is 11.8 Å². The smallest absolute Gasteiger partial charge is 0.255 e. The summed E-state index contributed by atoms with van der Waals surface area (Å²) in [6.07, 6.45) is 2.13. The van der Waals surface area contributed by atoms with E-state index in [1.54, 1.807) is 30.3 Å². The van der Waals surface area contributed by atoms with E-state index in [2.05, 4.69) is 34.8 Å². The number of piperidine rings is 1. The number of nitrogens with zero attached hydrogens (tertiary/aromatic N) is 1. The molecule has 2 aromatic carbocycles. The van der Waals surface area contributed by atoms with Crippen LogP contribution in [0.1, 0.15) is 40.5 Å². The van der Waals surface area contributed by atoms with E-state index < -0.39 is 0 Å². The first-order valence-corrected chi connectivity index (χ1v) is 9.57. The van der Waals surface area contributed by atoms with Gasteiger partial charge in [-0.1, -0.05) is 13.0 Å². The molecule has 2 aromatic rings. The van der Waals surface area contributed by atoms with E-state index >= 15 is 0 Å². The van der Waals surface area contributed by atoms with Gasteiger partial charge in [-0.05, 0) is 83.8 Å². The maximum Gasteiger partial charge on any atom is 0.255 e. The van der Waals surface area contributed by atoms with Gasteiger partial charge in [0.15, 0.2) is 0 Å². The van der Waals surface area contributed by atoms with Crippen LogP contribution in [0.25, 0.3) is 0 Å². The van der Waals surface area contributed by atoms with Crippen molar-refractivity contribution in [2.45, 2.75) is 19.8 Å². The summed E-state index contributed by atoms with van der Waals surface area (Å²) < 4.78 is 1.02. The topological polar surface area (TPSA) is 49.4 Å². The lowest BCUT2D eigenvalue weighted by atomic mass is 9.98. The Hall–Kier alpha value is -1.89. The molecule has 0 atom stereocenters. The molecular weight excluding hydrogens is 427 g/mol. The van der Waals surface area contributed by atoms with E-state index in [4.69, 9.17) is 0 Å². The number of nitrogens with one attached hydrogen (secondary N) is 1. The maximum atomic E-state index is 12.5. The minimum Gasteiger partial charge on any atom is -0.339 e. The molecule has 0 spiro atoms. The van der Waals surface area contributed by atoms with Gasteiger partial charge >= 0.3 is 0 Å². The summed E-state index contributed by atoms with van der Waals surface area (Å²) in [4.78, 5) is 26.7. The Labute approximate surface area is 161 Å². The molecule has 1 aliphatic heterocycles. The average Bonchev–Trinajstić information content (AvgIpc) is 2.62. The zero-order valence-corrected chi connectivity index (χ0v) is 16.3. The van der Waals surface area contributed by atoms with Crippen molar-refractivity contribution in [1.82, 2.24) is 4.90 Å². The fourth-order valence-electron chi connectivity index (χ4n) is 2.92. The second-order valence-electron chi connectivity index (χ2n) is 6.52. The molecule has 2 amide bonds. The number of hydrogen-bond donors (Lipinski definition) is 1. The molecule has 0 radical (unpaired) electrons. The van der Waals surface area contributed by atoms with Gasteiger partial charge in [-0.3, -0.25) is 9.59 Å². The Kier molecular flexibility index (Phi) is 5.73. The van der Waals surface area contributed by atoms with Gasteiger partial charge in [0.2, 0.25) is 0 Å². The molecule has 1 saturated heterocycles. The van der Waals surface area contributed by atoms with E-state index in [0.717, 1.165) is 29.5 Å². The molecule has 0 aromatic heterocycles. The second-order valence-corrected chi connectivity index (χ2v) is 7.76. The molecule has 0 bridgehead atoms. The van der Waals surface area contributed by atoms with Gasteiger partial charge < -0.3 is 10.2 Å². The minimum absolute atomic E-state index is 0.0717. The summed E-state index contributed by atoms with van der Waals surface area (Å²) in [5, 5.41) is 2.87. The quantitative estimate of drug-likeness (QED) is 0.708. The van der Waals surface area contributed by atoms with Crippen LogP contribution in [0.4, 0.5) is 5.69 Å². The Morgan fingerprint density at radius 2 is 1.72 bits per heavy atom. The standard InChI is InChI=1S/C20H21IN2O2/c1-14-9-11-23(12-10-14)20(25)15-5-7-18(8-6-15)22-19(24)16-3-2-4-17(21)13-16/h2-8,13-14H,9-12H2,1H3,(H,22,24). The molecule has 1 N–H and O–H groups in total. The molecule has 0 aliphatic carbocycles. The molecule has 5 heteroatoms. The third-order valence-corrected chi connectivity index (χ3v) is 5.22. The highest BCUT2D eigenvalue weighted by atomic mass is 127. The highest BCUT2D eigenvalue weighted by Gasteiger charge is 2.21. The molecule has 25 heavy (non-hydrogen) atoms. The molecule has 3 rings (SSSR count). The van der Waals surface area contributed by atoms with Gasteiger partial charge in [-0.15, -0.1) is 0 Å². The van der Waals surface area contributed by atoms with Crippen LogP contribution in [-0.2, 0) is 0 Å². The largest absolute Gasteiger partial charge is 0.339 e. The van der Waals surface area contributed by atoms with Crippen LogP contribution in [0.5, 0.6) is 0 Å². The summed E-state index contributed by atoms with van der Waals surface area (Å²) in [5.74, 6) is 0.618. The molecule has 130 valence electrons. The molecule has 4 nitrogen and oxygen atoms in total. The number of rotatable bonds is 3. The van der Waals surface area contributed by atoms with E-state index in [-0.39, 0.29) is 11.8 Å². The molecule has 1 aliphatic rings. The van der Waals surface area contributed by atoms with Crippen molar-refractivity contribution in [1.29, 1.82) is 0 Å². The minimum atomic E-state index is -0.150. The average molecular weight is 448 g/mol. The second kappa shape index (κ2) is 7.99. The van der Waals surface area contributed by atoms with Crippen LogP contribution in [0.2, 0.25) is 0 Å². The molecule has 1 heterocycles. The summed E-state index contributed by atoms with van der Waals surface area (Å²) in [5.41, 5.74) is 1.98. The first-order chi connectivity index (χ1) is 12.0. The highest BCUT2D eigenvalue weighted by molar-refractivity contribution is 14.1. The number of likely N-dealkylation sites (tertiary alicyclic amines) is 1.